The average Bonchev–Trinajstić information content (AvgIpc) is 2.45. The minimum absolute atomic E-state index is 0.0735. The second-order valence-electron chi connectivity index (χ2n) is 4.89. The number of carbonyl (C=O) groups excluding carboxylic acids is 1. The minimum Gasteiger partial charge on any atom is -0.402 e. The van der Waals surface area contributed by atoms with Crippen LogP contribution in [0.2, 0.25) is 0 Å². The van der Waals surface area contributed by atoms with E-state index in [1.54, 1.807) is 0 Å². The third-order valence-corrected chi connectivity index (χ3v) is 3.11. The molecule has 0 saturated heterocycles. The second-order valence-corrected chi connectivity index (χ2v) is 4.89. The molecule has 0 heterocycles. The van der Waals surface area contributed by atoms with Crippen LogP contribution in [0.15, 0.2) is 35.1 Å². The Morgan fingerprint density at radius 1 is 1.50 bits per heavy atom. The van der Waals surface area contributed by atoms with Gasteiger partial charge in [-0.2, -0.15) is 0 Å². The summed E-state index contributed by atoms with van der Waals surface area (Å²) in [5, 5.41) is 2.83. The van der Waals surface area contributed by atoms with Crippen LogP contribution in [-0.2, 0) is 4.79 Å². The van der Waals surface area contributed by atoms with E-state index in [1.165, 1.54) is 11.1 Å². The van der Waals surface area contributed by atoms with Gasteiger partial charge in [0.05, 0.1) is 0 Å². The van der Waals surface area contributed by atoms with Crippen LogP contribution >= 0.6 is 0 Å². The van der Waals surface area contributed by atoms with E-state index in [4.69, 9.17) is 5.73 Å². The van der Waals surface area contributed by atoms with Crippen molar-refractivity contribution in [3.05, 3.63) is 35.1 Å². The van der Waals surface area contributed by atoms with Crippen LogP contribution in [0.25, 0.3) is 0 Å². The molecule has 1 aliphatic carbocycles. The highest BCUT2D eigenvalue weighted by molar-refractivity contribution is 5.75. The number of allylic oxidation sites excluding steroid dienone is 5. The monoisotopic (exact) mass is 278 g/mol. The van der Waals surface area contributed by atoms with Crippen molar-refractivity contribution >= 4 is 5.91 Å². The lowest BCUT2D eigenvalue weighted by atomic mass is 9.92. The van der Waals surface area contributed by atoms with Crippen LogP contribution in [-0.4, -0.2) is 12.5 Å². The van der Waals surface area contributed by atoms with Crippen LogP contribution in [0.4, 0.5) is 0 Å². The SMILES string of the molecule is CC.CCC(=O)NCC/C(N)=C/C1=CC(C)CC=C1C. The van der Waals surface area contributed by atoms with E-state index >= 15 is 0 Å². The predicted molar refractivity (Wildman–Crippen MR) is 87.2 cm³/mol. The van der Waals surface area contributed by atoms with Gasteiger partial charge in [-0.15, -0.1) is 0 Å². The summed E-state index contributed by atoms with van der Waals surface area (Å²) in [6.45, 7) is 10.8. The highest BCUT2D eigenvalue weighted by Crippen LogP contribution is 2.23. The molecule has 3 N–H and O–H groups in total. The van der Waals surface area contributed by atoms with E-state index in [1.807, 2.05) is 26.8 Å². The zero-order valence-electron chi connectivity index (χ0n) is 13.6. The molecule has 20 heavy (non-hydrogen) atoms. The fraction of sp³-hybridized carbons (Fsp3) is 0.588. The van der Waals surface area contributed by atoms with E-state index in [2.05, 4.69) is 31.3 Å². The van der Waals surface area contributed by atoms with Crippen LogP contribution < -0.4 is 11.1 Å². The maximum absolute atomic E-state index is 11.1. The van der Waals surface area contributed by atoms with E-state index in [9.17, 15) is 4.79 Å². The van der Waals surface area contributed by atoms with E-state index in [0.717, 1.165) is 12.1 Å². The van der Waals surface area contributed by atoms with Crippen molar-refractivity contribution in [2.75, 3.05) is 6.54 Å². The molecule has 0 saturated carbocycles. The van der Waals surface area contributed by atoms with Crippen molar-refractivity contribution in [2.45, 2.75) is 53.9 Å². The lowest BCUT2D eigenvalue weighted by molar-refractivity contribution is -0.120. The number of hydrogen-bond donors (Lipinski definition) is 2. The van der Waals surface area contributed by atoms with Gasteiger partial charge in [0.1, 0.15) is 0 Å². The first-order chi connectivity index (χ1) is 9.52. The standard InChI is InChI=1S/C15H24N2O.C2H6/c1-4-15(18)17-8-7-14(16)10-13-9-11(2)5-6-12(13)3;1-2/h6,9-11H,4-5,7-8,16H2,1-3H3,(H,17,18);1-2H3/b14-10-;. The third-order valence-electron chi connectivity index (χ3n) is 3.11. The summed E-state index contributed by atoms with van der Waals surface area (Å²) in [6.07, 6.45) is 8.86. The molecule has 0 radical (unpaired) electrons. The summed E-state index contributed by atoms with van der Waals surface area (Å²) in [5.74, 6) is 0.650. The maximum Gasteiger partial charge on any atom is 0.219 e. The highest BCUT2D eigenvalue weighted by Gasteiger charge is 2.08. The fourth-order valence-corrected chi connectivity index (χ4v) is 1.89. The van der Waals surface area contributed by atoms with Crippen LogP contribution in [0.3, 0.4) is 0 Å². The van der Waals surface area contributed by atoms with E-state index in [-0.39, 0.29) is 5.91 Å². The van der Waals surface area contributed by atoms with Gasteiger partial charge in [0, 0.05) is 25.1 Å². The van der Waals surface area contributed by atoms with Gasteiger partial charge >= 0.3 is 0 Å². The van der Waals surface area contributed by atoms with Gasteiger partial charge in [-0.25, -0.2) is 0 Å². The molecule has 1 aliphatic rings. The number of hydrogen-bond acceptors (Lipinski definition) is 2. The predicted octanol–water partition coefficient (Wildman–Crippen LogP) is 3.68. The van der Waals surface area contributed by atoms with Crippen LogP contribution in [0, 0.1) is 5.92 Å². The Morgan fingerprint density at radius 2 is 2.15 bits per heavy atom. The van der Waals surface area contributed by atoms with Gasteiger partial charge in [-0.1, -0.05) is 39.8 Å². The molecule has 0 aromatic rings. The van der Waals surface area contributed by atoms with Crippen molar-refractivity contribution in [3.63, 3.8) is 0 Å². The minimum atomic E-state index is 0.0735. The largest absolute Gasteiger partial charge is 0.402 e. The van der Waals surface area contributed by atoms with Gasteiger partial charge in [0.25, 0.3) is 0 Å². The number of nitrogens with two attached hydrogens (primary N) is 1. The first-order valence-electron chi connectivity index (χ1n) is 7.64. The van der Waals surface area contributed by atoms with Gasteiger partial charge in [-0.05, 0) is 36.5 Å². The summed E-state index contributed by atoms with van der Waals surface area (Å²) in [4.78, 5) is 11.1. The Bertz CT molecular complexity index is 392. The van der Waals surface area contributed by atoms with E-state index < -0.39 is 0 Å². The Kier molecular flexibility index (Phi) is 9.52. The number of carbonyl (C=O) groups is 1. The van der Waals surface area contributed by atoms with Crippen LogP contribution in [0.5, 0.6) is 0 Å². The van der Waals surface area contributed by atoms with Crippen molar-refractivity contribution in [1.29, 1.82) is 0 Å². The topological polar surface area (TPSA) is 55.1 Å². The molecule has 0 spiro atoms. The van der Waals surface area contributed by atoms with Gasteiger partial charge < -0.3 is 11.1 Å². The Hall–Kier alpha value is -1.51. The summed E-state index contributed by atoms with van der Waals surface area (Å²) >= 11 is 0. The molecule has 1 atom stereocenters. The number of amides is 1. The normalized spacial score (nSPS) is 18.4. The maximum atomic E-state index is 11.1. The number of rotatable bonds is 5. The van der Waals surface area contributed by atoms with Crippen molar-refractivity contribution < 1.29 is 4.79 Å². The molecule has 0 bridgehead atoms. The molecule has 1 amide bonds. The van der Waals surface area contributed by atoms with Gasteiger partial charge in [0.15, 0.2) is 0 Å². The lowest BCUT2D eigenvalue weighted by Gasteiger charge is -2.15. The molecule has 114 valence electrons. The molecule has 0 fully saturated rings. The molecule has 0 aromatic heterocycles. The first kappa shape index (κ1) is 18.5. The van der Waals surface area contributed by atoms with Crippen molar-refractivity contribution in [1.82, 2.24) is 5.32 Å². The van der Waals surface area contributed by atoms with Gasteiger partial charge in [-0.3, -0.25) is 4.79 Å². The van der Waals surface area contributed by atoms with Crippen LogP contribution in [0.1, 0.15) is 53.9 Å². The molecule has 3 heteroatoms. The summed E-state index contributed by atoms with van der Waals surface area (Å²) in [7, 11) is 0. The summed E-state index contributed by atoms with van der Waals surface area (Å²) in [6, 6.07) is 0. The Morgan fingerprint density at radius 3 is 2.75 bits per heavy atom. The quantitative estimate of drug-likeness (QED) is 0.806. The molecular weight excluding hydrogens is 248 g/mol. The zero-order valence-corrected chi connectivity index (χ0v) is 13.6. The lowest BCUT2D eigenvalue weighted by Crippen LogP contribution is -2.24. The fourth-order valence-electron chi connectivity index (χ4n) is 1.89. The number of nitrogens with one attached hydrogen (secondary N) is 1. The Labute approximate surface area is 124 Å². The zero-order chi connectivity index (χ0) is 15.5. The van der Waals surface area contributed by atoms with Crippen molar-refractivity contribution in [2.24, 2.45) is 11.7 Å². The summed E-state index contributed by atoms with van der Waals surface area (Å²) < 4.78 is 0. The second kappa shape index (κ2) is 10.3. The van der Waals surface area contributed by atoms with Crippen molar-refractivity contribution in [3.8, 4) is 0 Å². The smallest absolute Gasteiger partial charge is 0.219 e. The van der Waals surface area contributed by atoms with E-state index in [0.29, 0.717) is 25.3 Å². The molecule has 1 rings (SSSR count). The molecular formula is C17H30N2O. The molecule has 0 aliphatic heterocycles. The third kappa shape index (κ3) is 7.17. The highest BCUT2D eigenvalue weighted by atomic mass is 16.1. The molecule has 3 nitrogen and oxygen atoms in total. The van der Waals surface area contributed by atoms with Gasteiger partial charge in [0.2, 0.25) is 5.91 Å². The summed E-state index contributed by atoms with van der Waals surface area (Å²) in [5.41, 5.74) is 9.30. The molecule has 1 unspecified atom stereocenters. The Balaban J connectivity index is 0.00000172. The molecule has 0 aromatic carbocycles. The average molecular weight is 278 g/mol. The first-order valence-corrected chi connectivity index (χ1v) is 7.64.